The first kappa shape index (κ1) is 16.1. The van der Waals surface area contributed by atoms with Crippen LogP contribution >= 0.6 is 0 Å². The van der Waals surface area contributed by atoms with Gasteiger partial charge in [-0.2, -0.15) is 0 Å². The number of pyridine rings is 1. The van der Waals surface area contributed by atoms with Gasteiger partial charge in [-0.15, -0.1) is 0 Å². The van der Waals surface area contributed by atoms with Crippen LogP contribution in [0.2, 0.25) is 0 Å². The standard InChI is InChI=1S/C16H14FN7O/c17-11-6-2-1-5-10(11)16(25)24-23-15-13(18)14(20-9-21-15)22-12-7-3-4-8-19-12/h1-9H,18H2,(H,24,25)(H2,19,20,21,22,23). The second kappa shape index (κ2) is 7.21. The molecule has 25 heavy (non-hydrogen) atoms. The highest BCUT2D eigenvalue weighted by molar-refractivity contribution is 5.95. The molecular formula is C16H14FN7O. The van der Waals surface area contributed by atoms with E-state index in [0.29, 0.717) is 11.6 Å². The van der Waals surface area contributed by atoms with Crippen molar-refractivity contribution in [3.63, 3.8) is 0 Å². The van der Waals surface area contributed by atoms with E-state index in [0.717, 1.165) is 0 Å². The first-order chi connectivity index (χ1) is 12.1. The lowest BCUT2D eigenvalue weighted by Gasteiger charge is -2.13. The molecule has 2 aromatic heterocycles. The third-order valence-electron chi connectivity index (χ3n) is 3.21. The topological polar surface area (TPSA) is 118 Å². The number of hydrazine groups is 1. The van der Waals surface area contributed by atoms with Crippen LogP contribution in [0, 0.1) is 5.82 Å². The van der Waals surface area contributed by atoms with Crippen molar-refractivity contribution in [1.29, 1.82) is 0 Å². The van der Waals surface area contributed by atoms with Crippen LogP contribution in [0.1, 0.15) is 10.4 Å². The Balaban J connectivity index is 1.72. The van der Waals surface area contributed by atoms with Gasteiger partial charge in [-0.3, -0.25) is 15.6 Å². The monoisotopic (exact) mass is 339 g/mol. The Bertz CT molecular complexity index is 889. The highest BCUT2D eigenvalue weighted by atomic mass is 19.1. The Labute approximate surface area is 142 Å². The summed E-state index contributed by atoms with van der Waals surface area (Å²) in [6.07, 6.45) is 2.88. The average Bonchev–Trinajstić information content (AvgIpc) is 2.63. The number of benzene rings is 1. The van der Waals surface area contributed by atoms with Crippen molar-refractivity contribution in [3.05, 3.63) is 66.4 Å². The minimum absolute atomic E-state index is 0.102. The van der Waals surface area contributed by atoms with E-state index in [2.05, 4.69) is 31.1 Å². The minimum atomic E-state index is -0.657. The Morgan fingerprint density at radius 3 is 2.52 bits per heavy atom. The van der Waals surface area contributed by atoms with Crippen LogP contribution < -0.4 is 21.9 Å². The van der Waals surface area contributed by atoms with Gasteiger partial charge in [0.05, 0.1) is 5.56 Å². The Kier molecular flexibility index (Phi) is 4.65. The van der Waals surface area contributed by atoms with Gasteiger partial charge in [0.2, 0.25) is 0 Å². The van der Waals surface area contributed by atoms with Crippen LogP contribution in [0.5, 0.6) is 0 Å². The number of anilines is 4. The number of rotatable bonds is 5. The lowest BCUT2D eigenvalue weighted by atomic mass is 10.2. The first-order valence-corrected chi connectivity index (χ1v) is 7.24. The summed E-state index contributed by atoms with van der Waals surface area (Å²) in [5, 5.41) is 2.94. The molecule has 0 aliphatic rings. The van der Waals surface area contributed by atoms with E-state index in [1.807, 2.05) is 0 Å². The molecule has 2 heterocycles. The normalized spacial score (nSPS) is 10.1. The van der Waals surface area contributed by atoms with E-state index in [9.17, 15) is 9.18 Å². The number of amides is 1. The maximum absolute atomic E-state index is 13.6. The van der Waals surface area contributed by atoms with E-state index in [1.54, 1.807) is 30.5 Å². The van der Waals surface area contributed by atoms with Crippen LogP contribution in [-0.4, -0.2) is 20.9 Å². The van der Waals surface area contributed by atoms with Gasteiger partial charge in [0.25, 0.3) is 5.91 Å². The number of hydrogen-bond donors (Lipinski definition) is 4. The fourth-order valence-corrected chi connectivity index (χ4v) is 1.98. The Morgan fingerprint density at radius 1 is 1.00 bits per heavy atom. The third-order valence-corrected chi connectivity index (χ3v) is 3.21. The summed E-state index contributed by atoms with van der Waals surface area (Å²) in [6, 6.07) is 10.9. The van der Waals surface area contributed by atoms with Crippen molar-refractivity contribution in [1.82, 2.24) is 20.4 Å². The maximum atomic E-state index is 13.6. The molecule has 0 radical (unpaired) electrons. The zero-order valence-corrected chi connectivity index (χ0v) is 12.9. The van der Waals surface area contributed by atoms with Crippen molar-refractivity contribution < 1.29 is 9.18 Å². The third kappa shape index (κ3) is 3.78. The molecule has 1 amide bonds. The Hall–Kier alpha value is -3.75. The van der Waals surface area contributed by atoms with Gasteiger partial charge in [-0.05, 0) is 24.3 Å². The molecule has 8 nitrogen and oxygen atoms in total. The lowest BCUT2D eigenvalue weighted by Crippen LogP contribution is -2.31. The zero-order valence-electron chi connectivity index (χ0n) is 12.9. The lowest BCUT2D eigenvalue weighted by molar-refractivity contribution is 0.0958. The van der Waals surface area contributed by atoms with Crippen molar-refractivity contribution in [2.24, 2.45) is 0 Å². The van der Waals surface area contributed by atoms with Gasteiger partial charge in [-0.25, -0.2) is 19.3 Å². The summed E-state index contributed by atoms with van der Waals surface area (Å²) >= 11 is 0. The molecule has 0 saturated heterocycles. The van der Waals surface area contributed by atoms with Gasteiger partial charge >= 0.3 is 0 Å². The molecule has 3 rings (SSSR count). The number of nitrogens with one attached hydrogen (secondary N) is 3. The second-order valence-corrected chi connectivity index (χ2v) is 4.88. The number of hydrogen-bond acceptors (Lipinski definition) is 7. The molecule has 0 unspecified atom stereocenters. The van der Waals surface area contributed by atoms with Crippen LogP contribution in [0.4, 0.5) is 27.5 Å². The van der Waals surface area contributed by atoms with E-state index in [-0.39, 0.29) is 17.1 Å². The van der Waals surface area contributed by atoms with Crippen molar-refractivity contribution in [3.8, 4) is 0 Å². The summed E-state index contributed by atoms with van der Waals surface area (Å²) < 4.78 is 13.6. The SMILES string of the molecule is Nc1c(NNC(=O)c2ccccc2F)ncnc1Nc1ccccn1. The van der Waals surface area contributed by atoms with E-state index < -0.39 is 11.7 Å². The van der Waals surface area contributed by atoms with E-state index >= 15 is 0 Å². The molecule has 0 spiro atoms. The van der Waals surface area contributed by atoms with Gasteiger partial charge in [-0.1, -0.05) is 18.2 Å². The molecule has 0 atom stereocenters. The average molecular weight is 339 g/mol. The predicted molar refractivity (Wildman–Crippen MR) is 91.5 cm³/mol. The first-order valence-electron chi connectivity index (χ1n) is 7.24. The van der Waals surface area contributed by atoms with Gasteiger partial charge in [0.1, 0.15) is 23.6 Å². The Morgan fingerprint density at radius 2 is 1.76 bits per heavy atom. The smallest absolute Gasteiger partial charge is 0.272 e. The molecule has 1 aromatic carbocycles. The molecule has 0 fully saturated rings. The molecule has 0 aliphatic heterocycles. The molecule has 0 aliphatic carbocycles. The summed E-state index contributed by atoms with van der Waals surface area (Å²) in [7, 11) is 0. The van der Waals surface area contributed by atoms with Gasteiger partial charge < -0.3 is 11.1 Å². The van der Waals surface area contributed by atoms with Crippen LogP contribution in [0.15, 0.2) is 55.0 Å². The molecule has 126 valence electrons. The molecule has 3 aromatic rings. The van der Waals surface area contributed by atoms with E-state index in [4.69, 9.17) is 5.73 Å². The molecule has 0 saturated carbocycles. The number of nitrogen functional groups attached to an aromatic ring is 1. The van der Waals surface area contributed by atoms with Crippen molar-refractivity contribution in [2.75, 3.05) is 16.5 Å². The number of nitrogens with zero attached hydrogens (tertiary/aromatic N) is 3. The van der Waals surface area contributed by atoms with Crippen molar-refractivity contribution in [2.45, 2.75) is 0 Å². The number of carbonyl (C=O) groups is 1. The maximum Gasteiger partial charge on any atom is 0.272 e. The number of halogens is 1. The molecular weight excluding hydrogens is 325 g/mol. The fourth-order valence-electron chi connectivity index (χ4n) is 1.98. The fraction of sp³-hybridized carbons (Fsp3) is 0. The second-order valence-electron chi connectivity index (χ2n) is 4.88. The summed E-state index contributed by atoms with van der Waals surface area (Å²) in [5.41, 5.74) is 11.0. The number of nitrogens with two attached hydrogens (primary N) is 1. The predicted octanol–water partition coefficient (Wildman–Crippen LogP) is 2.09. The summed E-state index contributed by atoms with van der Waals surface area (Å²) in [5.74, 6) is -0.256. The molecule has 0 bridgehead atoms. The highest BCUT2D eigenvalue weighted by Crippen LogP contribution is 2.24. The number of carbonyl (C=O) groups excluding carboxylic acids is 1. The quantitative estimate of drug-likeness (QED) is 0.526. The van der Waals surface area contributed by atoms with Gasteiger partial charge in [0, 0.05) is 6.20 Å². The largest absolute Gasteiger partial charge is 0.393 e. The summed E-state index contributed by atoms with van der Waals surface area (Å²) in [6.45, 7) is 0. The van der Waals surface area contributed by atoms with Crippen LogP contribution in [0.3, 0.4) is 0 Å². The summed E-state index contributed by atoms with van der Waals surface area (Å²) in [4.78, 5) is 24.1. The van der Waals surface area contributed by atoms with Crippen LogP contribution in [0.25, 0.3) is 0 Å². The zero-order chi connectivity index (χ0) is 17.6. The van der Waals surface area contributed by atoms with Crippen LogP contribution in [-0.2, 0) is 0 Å². The molecule has 9 heteroatoms. The van der Waals surface area contributed by atoms with Gasteiger partial charge in [0.15, 0.2) is 11.6 Å². The van der Waals surface area contributed by atoms with Crippen molar-refractivity contribution >= 4 is 29.0 Å². The minimum Gasteiger partial charge on any atom is -0.393 e. The van der Waals surface area contributed by atoms with E-state index in [1.165, 1.54) is 24.5 Å². The highest BCUT2D eigenvalue weighted by Gasteiger charge is 2.13. The molecule has 5 N–H and O–H groups in total. The number of aromatic nitrogens is 3.